The Labute approximate surface area is 166 Å². The van der Waals surface area contributed by atoms with Gasteiger partial charge < -0.3 is 10.2 Å². The number of alkyl halides is 3. The molecule has 4 rings (SSSR count). The molecule has 4 heterocycles. The van der Waals surface area contributed by atoms with Gasteiger partial charge in [0.15, 0.2) is 6.04 Å². The summed E-state index contributed by atoms with van der Waals surface area (Å²) in [4.78, 5) is 14.7. The minimum atomic E-state index is -4.37. The molecule has 2 aromatic rings. The number of aromatic nitrogens is 4. The molecule has 1 amide bonds. The Kier molecular flexibility index (Phi) is 4.82. The number of nitrogens with zero attached hydrogens (tertiary/aromatic N) is 5. The Balaban J connectivity index is 1.62. The summed E-state index contributed by atoms with van der Waals surface area (Å²) in [6.45, 7) is 6.22. The van der Waals surface area contributed by atoms with Crippen molar-refractivity contribution < 1.29 is 18.0 Å². The predicted molar refractivity (Wildman–Crippen MR) is 101 cm³/mol. The van der Waals surface area contributed by atoms with E-state index < -0.39 is 12.2 Å². The van der Waals surface area contributed by atoms with E-state index in [1.807, 2.05) is 13.8 Å². The number of hydrogen-bond donors (Lipinski definition) is 1. The van der Waals surface area contributed by atoms with Gasteiger partial charge in [-0.1, -0.05) is 0 Å². The van der Waals surface area contributed by atoms with Gasteiger partial charge in [-0.05, 0) is 40.0 Å². The molecule has 0 unspecified atom stereocenters. The van der Waals surface area contributed by atoms with Crippen molar-refractivity contribution in [1.29, 1.82) is 0 Å². The van der Waals surface area contributed by atoms with E-state index in [2.05, 4.69) is 15.5 Å². The smallest absolute Gasteiger partial charge is 0.368 e. The van der Waals surface area contributed by atoms with Crippen molar-refractivity contribution in [2.24, 2.45) is 0 Å². The summed E-state index contributed by atoms with van der Waals surface area (Å²) < 4.78 is 43.3. The van der Waals surface area contributed by atoms with Gasteiger partial charge in [0.05, 0.1) is 23.5 Å². The number of carbonyl (C=O) groups excluding carboxylic acids is 1. The average Bonchev–Trinajstić information content (AvgIpc) is 3.37. The number of anilines is 1. The maximum Gasteiger partial charge on any atom is 0.410 e. The van der Waals surface area contributed by atoms with E-state index in [0.29, 0.717) is 30.0 Å². The van der Waals surface area contributed by atoms with E-state index in [4.69, 9.17) is 0 Å². The molecule has 0 aromatic carbocycles. The summed E-state index contributed by atoms with van der Waals surface area (Å²) in [5.41, 5.74) is 0.979. The van der Waals surface area contributed by atoms with E-state index in [1.54, 1.807) is 35.0 Å². The lowest BCUT2D eigenvalue weighted by Gasteiger charge is -2.31. The molecular weight excluding hydrogens is 385 g/mol. The highest BCUT2D eigenvalue weighted by molar-refractivity contribution is 5.94. The minimum Gasteiger partial charge on any atom is -0.368 e. The second kappa shape index (κ2) is 7.07. The van der Waals surface area contributed by atoms with Crippen LogP contribution >= 0.6 is 0 Å². The molecule has 1 N–H and O–H groups in total. The van der Waals surface area contributed by atoms with Gasteiger partial charge in [0.1, 0.15) is 5.82 Å². The van der Waals surface area contributed by atoms with Crippen molar-refractivity contribution >= 4 is 11.7 Å². The standard InChI is InChI=1S/C19H25F3N6O/c1-11(2)27-10-13(9-23-27)18(29)26-6-4-5-15(26)14-8-17-24-12(3)7-16(19(20,21)22)28(17)25-14/h8-12,15-16,24H,4-7H2,1-3H3/t12-,15-,16-/m1/s1. The molecule has 3 atom stereocenters. The van der Waals surface area contributed by atoms with Crippen LogP contribution in [0.4, 0.5) is 19.0 Å². The van der Waals surface area contributed by atoms with Crippen LogP contribution in [-0.4, -0.2) is 49.1 Å². The first kappa shape index (κ1) is 19.8. The average molecular weight is 410 g/mol. The maximum atomic E-state index is 13.5. The van der Waals surface area contributed by atoms with Crippen LogP contribution in [0.5, 0.6) is 0 Å². The Morgan fingerprint density at radius 1 is 1.34 bits per heavy atom. The molecule has 0 spiro atoms. The molecule has 2 aliphatic heterocycles. The van der Waals surface area contributed by atoms with E-state index >= 15 is 0 Å². The number of amides is 1. The molecule has 158 valence electrons. The van der Waals surface area contributed by atoms with Crippen LogP contribution in [0.15, 0.2) is 18.5 Å². The molecule has 0 aliphatic carbocycles. The molecule has 1 saturated heterocycles. The van der Waals surface area contributed by atoms with Crippen molar-refractivity contribution in [1.82, 2.24) is 24.5 Å². The number of likely N-dealkylation sites (tertiary alicyclic amines) is 1. The zero-order chi connectivity index (χ0) is 20.9. The lowest BCUT2D eigenvalue weighted by atomic mass is 10.1. The SMILES string of the molecule is CC(C)n1cc(C(=O)N2CCC[C@@H]2c2cc3n(n2)[C@@H](C(F)(F)F)C[C@@H](C)N3)cn1. The molecule has 1 fully saturated rings. The van der Waals surface area contributed by atoms with Crippen LogP contribution in [-0.2, 0) is 0 Å². The summed E-state index contributed by atoms with van der Waals surface area (Å²) >= 11 is 0. The highest BCUT2D eigenvalue weighted by Gasteiger charge is 2.46. The fraction of sp³-hybridized carbons (Fsp3) is 0.632. The lowest BCUT2D eigenvalue weighted by Crippen LogP contribution is -2.38. The summed E-state index contributed by atoms with van der Waals surface area (Å²) in [6.07, 6.45) is 0.267. The van der Waals surface area contributed by atoms with Gasteiger partial charge >= 0.3 is 6.18 Å². The second-order valence-electron chi connectivity index (χ2n) is 8.20. The number of halogens is 3. The number of nitrogens with one attached hydrogen (secondary N) is 1. The molecule has 7 nitrogen and oxygen atoms in total. The Morgan fingerprint density at radius 3 is 2.76 bits per heavy atom. The Morgan fingerprint density at radius 2 is 2.10 bits per heavy atom. The first-order chi connectivity index (χ1) is 13.6. The van der Waals surface area contributed by atoms with Gasteiger partial charge in [-0.2, -0.15) is 23.4 Å². The topological polar surface area (TPSA) is 68.0 Å². The van der Waals surface area contributed by atoms with Crippen LogP contribution in [0.3, 0.4) is 0 Å². The molecule has 0 saturated carbocycles. The number of hydrogen-bond acceptors (Lipinski definition) is 4. The highest BCUT2D eigenvalue weighted by Crippen LogP contribution is 2.41. The van der Waals surface area contributed by atoms with E-state index in [-0.39, 0.29) is 30.5 Å². The van der Waals surface area contributed by atoms with Crippen molar-refractivity contribution in [3.05, 3.63) is 29.7 Å². The molecule has 2 aromatic heterocycles. The van der Waals surface area contributed by atoms with Crippen molar-refractivity contribution in [3.8, 4) is 0 Å². The van der Waals surface area contributed by atoms with Crippen LogP contribution < -0.4 is 5.32 Å². The Hall–Kier alpha value is -2.52. The molecule has 0 bridgehead atoms. The van der Waals surface area contributed by atoms with Gasteiger partial charge in [-0.25, -0.2) is 4.68 Å². The number of carbonyl (C=O) groups is 1. The third-order valence-corrected chi connectivity index (χ3v) is 5.63. The van der Waals surface area contributed by atoms with Crippen LogP contribution in [0.2, 0.25) is 0 Å². The third kappa shape index (κ3) is 3.60. The second-order valence-corrected chi connectivity index (χ2v) is 8.20. The van der Waals surface area contributed by atoms with Crippen molar-refractivity contribution in [3.63, 3.8) is 0 Å². The van der Waals surface area contributed by atoms with Crippen LogP contribution in [0.25, 0.3) is 0 Å². The zero-order valence-electron chi connectivity index (χ0n) is 16.6. The van der Waals surface area contributed by atoms with Crippen LogP contribution in [0.1, 0.15) is 74.2 Å². The van der Waals surface area contributed by atoms with E-state index in [9.17, 15) is 18.0 Å². The van der Waals surface area contributed by atoms with Crippen molar-refractivity contribution in [2.75, 3.05) is 11.9 Å². The normalized spacial score (nSPS) is 24.7. The Bertz CT molecular complexity index is 902. The third-order valence-electron chi connectivity index (χ3n) is 5.63. The van der Waals surface area contributed by atoms with Crippen molar-refractivity contribution in [2.45, 2.75) is 70.4 Å². The molecule has 2 aliphatic rings. The number of rotatable bonds is 3. The quantitative estimate of drug-likeness (QED) is 0.832. The minimum absolute atomic E-state index is 0.0701. The molecule has 29 heavy (non-hydrogen) atoms. The zero-order valence-corrected chi connectivity index (χ0v) is 16.6. The van der Waals surface area contributed by atoms with Gasteiger partial charge in [-0.15, -0.1) is 0 Å². The fourth-order valence-corrected chi connectivity index (χ4v) is 4.15. The predicted octanol–water partition coefficient (Wildman–Crippen LogP) is 3.95. The fourth-order valence-electron chi connectivity index (χ4n) is 4.15. The highest BCUT2D eigenvalue weighted by atomic mass is 19.4. The van der Waals surface area contributed by atoms with Crippen LogP contribution in [0, 0.1) is 0 Å². The van der Waals surface area contributed by atoms with Gasteiger partial charge in [0, 0.05) is 30.9 Å². The number of fused-ring (bicyclic) bond motifs is 1. The first-order valence-electron chi connectivity index (χ1n) is 9.93. The van der Waals surface area contributed by atoms with E-state index in [0.717, 1.165) is 11.1 Å². The lowest BCUT2D eigenvalue weighted by molar-refractivity contribution is -0.173. The van der Waals surface area contributed by atoms with Gasteiger partial charge in [-0.3, -0.25) is 9.48 Å². The molecule has 0 radical (unpaired) electrons. The monoisotopic (exact) mass is 410 g/mol. The molecule has 10 heteroatoms. The summed E-state index contributed by atoms with van der Waals surface area (Å²) in [7, 11) is 0. The van der Waals surface area contributed by atoms with E-state index in [1.165, 1.54) is 0 Å². The maximum absolute atomic E-state index is 13.5. The van der Waals surface area contributed by atoms with Gasteiger partial charge in [0.25, 0.3) is 5.91 Å². The summed E-state index contributed by atoms with van der Waals surface area (Å²) in [5, 5.41) is 11.6. The first-order valence-corrected chi connectivity index (χ1v) is 9.93. The summed E-state index contributed by atoms with van der Waals surface area (Å²) in [5.74, 6) is 0.187. The largest absolute Gasteiger partial charge is 0.410 e. The summed E-state index contributed by atoms with van der Waals surface area (Å²) in [6, 6.07) is -0.506. The van der Waals surface area contributed by atoms with Gasteiger partial charge in [0.2, 0.25) is 0 Å². The molecular formula is C19H25F3N6O.